The number of hydrogen-bond acceptors (Lipinski definition) is 8. The standard InChI is InChI=1S/C25H30FN7OS/c1-3-20-24(30(2)25-28-21(17-35-25)18-5-7-19(26)8-6-18)33-22(27-20)9-10-23(29-33)32-14-12-31(13-15-32)11-4-16-34/h5-10,17,34H,3-4,11-16H2,1-2H3. The molecule has 1 aliphatic heterocycles. The number of anilines is 3. The van der Waals surface area contributed by atoms with Crippen molar-refractivity contribution in [1.29, 1.82) is 0 Å². The number of imidazole rings is 1. The molecule has 0 radical (unpaired) electrons. The van der Waals surface area contributed by atoms with Gasteiger partial charge in [-0.15, -0.1) is 16.4 Å². The molecule has 0 amide bonds. The van der Waals surface area contributed by atoms with E-state index in [2.05, 4.69) is 16.7 Å². The van der Waals surface area contributed by atoms with Crippen molar-refractivity contribution in [1.82, 2.24) is 24.5 Å². The summed E-state index contributed by atoms with van der Waals surface area (Å²) in [6.07, 6.45) is 1.59. The maximum atomic E-state index is 13.3. The average molecular weight is 496 g/mol. The van der Waals surface area contributed by atoms with E-state index < -0.39 is 0 Å². The predicted octanol–water partition coefficient (Wildman–Crippen LogP) is 3.83. The van der Waals surface area contributed by atoms with Crippen molar-refractivity contribution in [3.63, 3.8) is 0 Å². The molecule has 35 heavy (non-hydrogen) atoms. The summed E-state index contributed by atoms with van der Waals surface area (Å²) < 4.78 is 15.3. The van der Waals surface area contributed by atoms with Gasteiger partial charge in [0.25, 0.3) is 0 Å². The lowest BCUT2D eigenvalue weighted by atomic mass is 10.2. The molecule has 8 nitrogen and oxygen atoms in total. The summed E-state index contributed by atoms with van der Waals surface area (Å²) in [4.78, 5) is 16.4. The summed E-state index contributed by atoms with van der Waals surface area (Å²) in [5.74, 6) is 1.58. The second-order valence-electron chi connectivity index (χ2n) is 8.68. The predicted molar refractivity (Wildman–Crippen MR) is 138 cm³/mol. The molecular formula is C25H30FN7OS. The van der Waals surface area contributed by atoms with E-state index in [1.54, 1.807) is 23.5 Å². The fourth-order valence-electron chi connectivity index (χ4n) is 4.46. The molecule has 1 aromatic carbocycles. The number of aliphatic hydroxyl groups excluding tert-OH is 1. The highest BCUT2D eigenvalue weighted by Crippen LogP contribution is 2.33. The molecule has 0 aliphatic carbocycles. The van der Waals surface area contributed by atoms with E-state index >= 15 is 0 Å². The van der Waals surface area contributed by atoms with E-state index in [0.717, 1.165) is 84.9 Å². The third kappa shape index (κ3) is 4.86. The number of fused-ring (bicyclic) bond motifs is 1. The van der Waals surface area contributed by atoms with Gasteiger partial charge in [-0.3, -0.25) is 4.90 Å². The number of halogens is 1. The number of nitrogens with zero attached hydrogens (tertiary/aromatic N) is 7. The molecule has 1 fully saturated rings. The normalized spacial score (nSPS) is 14.7. The fraction of sp³-hybridized carbons (Fsp3) is 0.400. The largest absolute Gasteiger partial charge is 0.396 e. The van der Waals surface area contributed by atoms with Crippen LogP contribution in [-0.4, -0.2) is 76.0 Å². The first-order valence-electron chi connectivity index (χ1n) is 12.0. The van der Waals surface area contributed by atoms with Crippen LogP contribution in [0.25, 0.3) is 16.9 Å². The lowest BCUT2D eigenvalue weighted by Gasteiger charge is -2.35. The van der Waals surface area contributed by atoms with Gasteiger partial charge in [-0.25, -0.2) is 14.4 Å². The summed E-state index contributed by atoms with van der Waals surface area (Å²) in [5.41, 5.74) is 3.47. The summed E-state index contributed by atoms with van der Waals surface area (Å²) in [5, 5.41) is 16.9. The smallest absolute Gasteiger partial charge is 0.191 e. The molecule has 0 saturated carbocycles. The van der Waals surface area contributed by atoms with Crippen LogP contribution in [0.5, 0.6) is 0 Å². The zero-order chi connectivity index (χ0) is 24.4. The number of piperazine rings is 1. The highest BCUT2D eigenvalue weighted by atomic mass is 32.1. The van der Waals surface area contributed by atoms with Gasteiger partial charge < -0.3 is 14.9 Å². The van der Waals surface area contributed by atoms with Gasteiger partial charge in [0, 0.05) is 57.3 Å². The first kappa shape index (κ1) is 23.7. The third-order valence-corrected chi connectivity index (χ3v) is 7.33. The molecule has 5 rings (SSSR count). The van der Waals surface area contributed by atoms with Crippen LogP contribution in [-0.2, 0) is 6.42 Å². The number of rotatable bonds is 8. The number of aliphatic hydroxyl groups is 1. The first-order valence-corrected chi connectivity index (χ1v) is 12.9. The zero-order valence-electron chi connectivity index (χ0n) is 20.1. The van der Waals surface area contributed by atoms with Crippen LogP contribution in [0.1, 0.15) is 19.0 Å². The zero-order valence-corrected chi connectivity index (χ0v) is 20.9. The van der Waals surface area contributed by atoms with E-state index in [0.29, 0.717) is 0 Å². The van der Waals surface area contributed by atoms with E-state index in [1.165, 1.54) is 12.1 Å². The van der Waals surface area contributed by atoms with E-state index in [4.69, 9.17) is 20.2 Å². The molecule has 0 atom stereocenters. The second-order valence-corrected chi connectivity index (χ2v) is 9.52. The van der Waals surface area contributed by atoms with E-state index in [9.17, 15) is 4.39 Å². The Balaban J connectivity index is 1.42. The Morgan fingerprint density at radius 1 is 1.06 bits per heavy atom. The molecule has 0 spiro atoms. The van der Waals surface area contributed by atoms with Crippen LogP contribution in [0.2, 0.25) is 0 Å². The van der Waals surface area contributed by atoms with Gasteiger partial charge in [-0.05, 0) is 49.2 Å². The van der Waals surface area contributed by atoms with Gasteiger partial charge in [0.05, 0.1) is 11.4 Å². The van der Waals surface area contributed by atoms with Gasteiger partial charge in [0.15, 0.2) is 16.6 Å². The van der Waals surface area contributed by atoms with Gasteiger partial charge in [-0.2, -0.15) is 4.52 Å². The van der Waals surface area contributed by atoms with Crippen LogP contribution in [0.3, 0.4) is 0 Å². The molecule has 1 aliphatic rings. The average Bonchev–Trinajstić information content (AvgIpc) is 3.52. The van der Waals surface area contributed by atoms with Crippen molar-refractivity contribution >= 4 is 33.8 Å². The van der Waals surface area contributed by atoms with Crippen molar-refractivity contribution in [2.45, 2.75) is 19.8 Å². The van der Waals surface area contributed by atoms with Crippen LogP contribution in [0.15, 0.2) is 41.8 Å². The maximum Gasteiger partial charge on any atom is 0.191 e. The van der Waals surface area contributed by atoms with Gasteiger partial charge in [0.1, 0.15) is 11.6 Å². The second kappa shape index (κ2) is 10.3. The van der Waals surface area contributed by atoms with Crippen molar-refractivity contribution in [3.05, 3.63) is 53.3 Å². The maximum absolute atomic E-state index is 13.3. The molecule has 0 bridgehead atoms. The van der Waals surface area contributed by atoms with Crippen molar-refractivity contribution in [2.24, 2.45) is 0 Å². The topological polar surface area (TPSA) is 73.0 Å². The Labute approximate surface area is 208 Å². The molecular weight excluding hydrogens is 465 g/mol. The summed E-state index contributed by atoms with van der Waals surface area (Å²) in [7, 11) is 1.99. The number of hydrogen-bond donors (Lipinski definition) is 1. The molecule has 184 valence electrons. The fourth-order valence-corrected chi connectivity index (χ4v) is 5.26. The number of aryl methyl sites for hydroxylation is 1. The molecule has 1 N–H and O–H groups in total. The minimum absolute atomic E-state index is 0.236. The molecule has 0 unspecified atom stereocenters. The SMILES string of the molecule is CCc1nc2ccc(N3CCN(CCCO)CC3)nn2c1N(C)c1nc(-c2ccc(F)cc2)cs1. The highest BCUT2D eigenvalue weighted by molar-refractivity contribution is 7.14. The Bertz CT molecular complexity index is 1280. The molecule has 3 aromatic heterocycles. The van der Waals surface area contributed by atoms with Crippen LogP contribution in [0.4, 0.5) is 21.2 Å². The molecule has 4 aromatic rings. The number of aromatic nitrogens is 4. The lowest BCUT2D eigenvalue weighted by molar-refractivity contribution is 0.215. The Hall–Kier alpha value is -3.08. The lowest BCUT2D eigenvalue weighted by Crippen LogP contribution is -2.47. The Kier molecular flexibility index (Phi) is 6.94. The molecule has 1 saturated heterocycles. The van der Waals surface area contributed by atoms with Crippen LogP contribution >= 0.6 is 11.3 Å². The minimum atomic E-state index is -0.256. The van der Waals surface area contributed by atoms with Crippen molar-refractivity contribution < 1.29 is 9.50 Å². The molecule has 4 heterocycles. The van der Waals surface area contributed by atoms with E-state index in [1.807, 2.05) is 34.0 Å². The van der Waals surface area contributed by atoms with Gasteiger partial charge in [-0.1, -0.05) is 6.92 Å². The Morgan fingerprint density at radius 3 is 2.54 bits per heavy atom. The highest BCUT2D eigenvalue weighted by Gasteiger charge is 2.22. The van der Waals surface area contributed by atoms with Gasteiger partial charge in [0.2, 0.25) is 0 Å². The molecule has 10 heteroatoms. The van der Waals surface area contributed by atoms with E-state index in [-0.39, 0.29) is 12.4 Å². The van der Waals surface area contributed by atoms with Gasteiger partial charge >= 0.3 is 0 Å². The van der Waals surface area contributed by atoms with Crippen LogP contribution < -0.4 is 9.80 Å². The van der Waals surface area contributed by atoms with Crippen molar-refractivity contribution in [2.75, 3.05) is 56.2 Å². The quantitative estimate of drug-likeness (QED) is 0.398. The van der Waals surface area contributed by atoms with Crippen LogP contribution in [0, 0.1) is 5.82 Å². The summed E-state index contributed by atoms with van der Waals surface area (Å²) in [6, 6.07) is 10.5. The summed E-state index contributed by atoms with van der Waals surface area (Å²) >= 11 is 1.54. The first-order chi connectivity index (χ1) is 17.1. The number of thiazole rings is 1. The monoisotopic (exact) mass is 495 g/mol. The minimum Gasteiger partial charge on any atom is -0.396 e. The summed E-state index contributed by atoms with van der Waals surface area (Å²) in [6.45, 7) is 6.98. The Morgan fingerprint density at radius 2 is 1.83 bits per heavy atom. The third-order valence-electron chi connectivity index (χ3n) is 6.41. The van der Waals surface area contributed by atoms with Crippen molar-refractivity contribution in [3.8, 4) is 11.3 Å². The number of benzene rings is 1.